The summed E-state index contributed by atoms with van der Waals surface area (Å²) >= 11 is 0. The molecular formula is C24H29N3O3. The molecule has 0 aromatic heterocycles. The van der Waals surface area contributed by atoms with Crippen molar-refractivity contribution in [2.24, 2.45) is 5.92 Å². The van der Waals surface area contributed by atoms with Gasteiger partial charge >= 0.3 is 5.97 Å². The minimum absolute atomic E-state index is 0.174. The quantitative estimate of drug-likeness (QED) is 0.759. The van der Waals surface area contributed by atoms with E-state index in [2.05, 4.69) is 15.1 Å². The van der Waals surface area contributed by atoms with E-state index in [1.165, 1.54) is 32.4 Å². The van der Waals surface area contributed by atoms with Crippen molar-refractivity contribution in [1.82, 2.24) is 4.90 Å². The molecule has 2 aromatic carbocycles. The van der Waals surface area contributed by atoms with Crippen LogP contribution in [0.25, 0.3) is 0 Å². The molecule has 30 heavy (non-hydrogen) atoms. The highest BCUT2D eigenvalue weighted by molar-refractivity contribution is 6.06. The molecule has 0 spiro atoms. The van der Waals surface area contributed by atoms with E-state index in [-0.39, 0.29) is 11.5 Å². The Morgan fingerprint density at radius 3 is 2.47 bits per heavy atom. The number of rotatable bonds is 6. The van der Waals surface area contributed by atoms with Gasteiger partial charge in [0.25, 0.3) is 5.91 Å². The molecular weight excluding hydrogens is 378 g/mol. The Morgan fingerprint density at radius 2 is 1.73 bits per heavy atom. The van der Waals surface area contributed by atoms with Gasteiger partial charge in [0.05, 0.1) is 16.9 Å². The molecule has 0 aliphatic carbocycles. The molecule has 2 N–H and O–H groups in total. The molecule has 2 aromatic rings. The van der Waals surface area contributed by atoms with Crippen LogP contribution in [0.1, 0.15) is 46.4 Å². The van der Waals surface area contributed by atoms with Crippen molar-refractivity contribution in [3.8, 4) is 0 Å². The van der Waals surface area contributed by atoms with E-state index < -0.39 is 5.97 Å². The van der Waals surface area contributed by atoms with E-state index in [0.717, 1.165) is 31.7 Å². The fraction of sp³-hybridized carbons (Fsp3) is 0.417. The summed E-state index contributed by atoms with van der Waals surface area (Å²) in [5, 5.41) is 12.4. The molecule has 2 heterocycles. The molecule has 2 fully saturated rings. The number of piperidine rings is 1. The zero-order chi connectivity index (χ0) is 20.9. The summed E-state index contributed by atoms with van der Waals surface area (Å²) in [5.74, 6) is -0.638. The van der Waals surface area contributed by atoms with Crippen LogP contribution < -0.4 is 10.2 Å². The summed E-state index contributed by atoms with van der Waals surface area (Å²) in [5.41, 5.74) is 2.18. The van der Waals surface area contributed by atoms with E-state index >= 15 is 0 Å². The third kappa shape index (κ3) is 4.82. The van der Waals surface area contributed by atoms with Gasteiger partial charge in [-0.3, -0.25) is 4.79 Å². The summed E-state index contributed by atoms with van der Waals surface area (Å²) in [4.78, 5) is 29.1. The second-order valence-electron chi connectivity index (χ2n) is 8.32. The highest BCUT2D eigenvalue weighted by Crippen LogP contribution is 2.32. The van der Waals surface area contributed by atoms with E-state index in [1.807, 2.05) is 24.3 Å². The minimum Gasteiger partial charge on any atom is -0.478 e. The van der Waals surface area contributed by atoms with Crippen LogP contribution in [0.4, 0.5) is 11.4 Å². The number of carboxylic acid groups (broad SMARTS) is 1. The SMILES string of the molecule is O=C(O)c1ccc(N2CCC[C@@H](CN3CCCC3)C2)c(NC(=O)c2ccccc2)c1. The molecule has 1 atom stereocenters. The fourth-order valence-corrected chi connectivity index (χ4v) is 4.59. The number of carbonyl (C=O) groups is 2. The van der Waals surface area contributed by atoms with Crippen LogP contribution in [0.15, 0.2) is 48.5 Å². The molecule has 0 bridgehead atoms. The maximum Gasteiger partial charge on any atom is 0.335 e. The molecule has 2 saturated heterocycles. The van der Waals surface area contributed by atoms with Crippen molar-refractivity contribution in [2.45, 2.75) is 25.7 Å². The van der Waals surface area contributed by atoms with E-state index in [9.17, 15) is 14.7 Å². The monoisotopic (exact) mass is 407 g/mol. The molecule has 6 nitrogen and oxygen atoms in total. The second kappa shape index (κ2) is 9.30. The zero-order valence-corrected chi connectivity index (χ0v) is 17.2. The standard InChI is InChI=1S/C24H29N3O3/c28-23(19-8-2-1-3-9-19)25-21-15-20(24(29)30)10-11-22(21)27-14-6-7-18(17-27)16-26-12-4-5-13-26/h1-3,8-11,15,18H,4-7,12-14,16-17H2,(H,25,28)(H,29,30)/t18-/m0/s1. The van der Waals surface area contributed by atoms with Crippen molar-refractivity contribution in [3.63, 3.8) is 0 Å². The van der Waals surface area contributed by atoms with Crippen molar-refractivity contribution in [2.75, 3.05) is 42.9 Å². The second-order valence-corrected chi connectivity index (χ2v) is 8.32. The fourth-order valence-electron chi connectivity index (χ4n) is 4.59. The molecule has 2 aliphatic heterocycles. The Kier molecular flexibility index (Phi) is 6.33. The summed E-state index contributed by atoms with van der Waals surface area (Å²) in [6, 6.07) is 14.0. The molecule has 1 amide bonds. The number of hydrogen-bond donors (Lipinski definition) is 2. The highest BCUT2D eigenvalue weighted by atomic mass is 16.4. The van der Waals surface area contributed by atoms with Gasteiger partial charge in [-0.1, -0.05) is 18.2 Å². The maximum atomic E-state index is 12.7. The number of amides is 1. The van der Waals surface area contributed by atoms with Crippen molar-refractivity contribution in [3.05, 3.63) is 59.7 Å². The Morgan fingerprint density at radius 1 is 0.967 bits per heavy atom. The maximum absolute atomic E-state index is 12.7. The molecule has 4 rings (SSSR count). The first kappa shape index (κ1) is 20.4. The lowest BCUT2D eigenvalue weighted by molar-refractivity contribution is 0.0696. The van der Waals surface area contributed by atoms with Crippen LogP contribution in [-0.2, 0) is 0 Å². The molecule has 0 radical (unpaired) electrons. The number of aromatic carboxylic acids is 1. The summed E-state index contributed by atoms with van der Waals surface area (Å²) in [6.45, 7) is 5.36. The summed E-state index contributed by atoms with van der Waals surface area (Å²) in [7, 11) is 0. The van der Waals surface area contributed by atoms with Crippen molar-refractivity contribution >= 4 is 23.3 Å². The first-order valence-corrected chi connectivity index (χ1v) is 10.8. The van der Waals surface area contributed by atoms with Crippen LogP contribution in [-0.4, -0.2) is 54.6 Å². The Hall–Kier alpha value is -2.86. The van der Waals surface area contributed by atoms with Gasteiger partial charge in [-0.05, 0) is 75.0 Å². The third-order valence-electron chi connectivity index (χ3n) is 6.10. The van der Waals surface area contributed by atoms with Gasteiger partial charge in [-0.15, -0.1) is 0 Å². The van der Waals surface area contributed by atoms with Crippen molar-refractivity contribution < 1.29 is 14.7 Å². The van der Waals surface area contributed by atoms with Gasteiger partial charge in [0.15, 0.2) is 0 Å². The highest BCUT2D eigenvalue weighted by Gasteiger charge is 2.25. The number of benzene rings is 2. The smallest absolute Gasteiger partial charge is 0.335 e. The largest absolute Gasteiger partial charge is 0.478 e. The zero-order valence-electron chi connectivity index (χ0n) is 17.2. The number of likely N-dealkylation sites (tertiary alicyclic amines) is 1. The third-order valence-corrected chi connectivity index (χ3v) is 6.10. The Bertz CT molecular complexity index is 894. The normalized spacial score (nSPS) is 19.6. The lowest BCUT2D eigenvalue weighted by Crippen LogP contribution is -2.40. The number of nitrogens with one attached hydrogen (secondary N) is 1. The van der Waals surface area contributed by atoms with Crippen LogP contribution in [0.3, 0.4) is 0 Å². The molecule has 2 aliphatic rings. The number of carbonyl (C=O) groups excluding carboxylic acids is 1. The van der Waals surface area contributed by atoms with E-state index in [4.69, 9.17) is 0 Å². The first-order chi connectivity index (χ1) is 14.6. The lowest BCUT2D eigenvalue weighted by Gasteiger charge is -2.37. The molecule has 6 heteroatoms. The molecule has 158 valence electrons. The van der Waals surface area contributed by atoms with Gasteiger partial charge in [-0.2, -0.15) is 0 Å². The average molecular weight is 408 g/mol. The van der Waals surface area contributed by atoms with E-state index in [0.29, 0.717) is 17.2 Å². The van der Waals surface area contributed by atoms with Crippen LogP contribution in [0.2, 0.25) is 0 Å². The van der Waals surface area contributed by atoms with Crippen LogP contribution in [0.5, 0.6) is 0 Å². The lowest BCUT2D eigenvalue weighted by atomic mass is 9.96. The predicted molar refractivity (Wildman–Crippen MR) is 118 cm³/mol. The van der Waals surface area contributed by atoms with Crippen LogP contribution in [0, 0.1) is 5.92 Å². The van der Waals surface area contributed by atoms with Gasteiger partial charge in [0.1, 0.15) is 0 Å². The topological polar surface area (TPSA) is 72.9 Å². The van der Waals surface area contributed by atoms with Gasteiger partial charge < -0.3 is 20.2 Å². The summed E-state index contributed by atoms with van der Waals surface area (Å²) in [6.07, 6.45) is 4.91. The van der Waals surface area contributed by atoms with Gasteiger partial charge in [-0.25, -0.2) is 4.79 Å². The minimum atomic E-state index is -0.998. The van der Waals surface area contributed by atoms with E-state index in [1.54, 1.807) is 24.3 Å². The molecule has 0 unspecified atom stereocenters. The molecule has 0 saturated carbocycles. The number of nitrogens with zero attached hydrogens (tertiary/aromatic N) is 2. The number of anilines is 2. The predicted octanol–water partition coefficient (Wildman–Crippen LogP) is 3.95. The van der Waals surface area contributed by atoms with Gasteiger partial charge in [0, 0.05) is 25.2 Å². The average Bonchev–Trinajstić information content (AvgIpc) is 3.27. The number of hydrogen-bond acceptors (Lipinski definition) is 4. The van der Waals surface area contributed by atoms with Crippen LogP contribution >= 0.6 is 0 Å². The number of carboxylic acids is 1. The Balaban J connectivity index is 1.55. The van der Waals surface area contributed by atoms with Gasteiger partial charge in [0.2, 0.25) is 0 Å². The first-order valence-electron chi connectivity index (χ1n) is 10.8. The van der Waals surface area contributed by atoms with Crippen molar-refractivity contribution in [1.29, 1.82) is 0 Å². The summed E-state index contributed by atoms with van der Waals surface area (Å²) < 4.78 is 0. The Labute approximate surface area is 177 Å².